The van der Waals surface area contributed by atoms with Gasteiger partial charge in [0, 0.05) is 23.0 Å². The molecule has 0 amide bonds. The molecule has 1 aromatic carbocycles. The number of hydrogen-bond donors (Lipinski definition) is 1. The summed E-state index contributed by atoms with van der Waals surface area (Å²) < 4.78 is 0. The van der Waals surface area contributed by atoms with Gasteiger partial charge >= 0.3 is 0 Å². The lowest BCUT2D eigenvalue weighted by molar-refractivity contribution is -0.535. The van der Waals surface area contributed by atoms with Gasteiger partial charge in [-0.1, -0.05) is 24.3 Å². The van der Waals surface area contributed by atoms with Crippen molar-refractivity contribution in [3.8, 4) is 0 Å². The number of fused-ring (bicyclic) bond motifs is 1. The molecule has 1 aromatic rings. The Kier molecular flexibility index (Phi) is 2.74. The van der Waals surface area contributed by atoms with Crippen LogP contribution in [0.1, 0.15) is 34.1 Å². The Balaban J connectivity index is 2.55. The molecular formula is C12H11NO5. The zero-order valence-corrected chi connectivity index (χ0v) is 9.62. The van der Waals surface area contributed by atoms with Gasteiger partial charge in [0.2, 0.25) is 17.4 Å². The molecule has 94 valence electrons. The monoisotopic (exact) mass is 249 g/mol. The van der Waals surface area contributed by atoms with Crippen LogP contribution in [0.25, 0.3) is 0 Å². The van der Waals surface area contributed by atoms with Crippen LogP contribution >= 0.6 is 0 Å². The fourth-order valence-electron chi connectivity index (χ4n) is 2.09. The third-order valence-corrected chi connectivity index (χ3v) is 3.30. The number of aliphatic hydroxyl groups is 1. The fourth-order valence-corrected chi connectivity index (χ4v) is 2.09. The van der Waals surface area contributed by atoms with Crippen LogP contribution < -0.4 is 0 Å². The van der Waals surface area contributed by atoms with Crippen molar-refractivity contribution in [1.29, 1.82) is 0 Å². The molecule has 1 aliphatic rings. The first-order valence-electron chi connectivity index (χ1n) is 5.41. The number of nitro groups is 1. The Bertz CT molecular complexity index is 553. The Morgan fingerprint density at radius 2 is 1.89 bits per heavy atom. The van der Waals surface area contributed by atoms with Crippen LogP contribution in [-0.4, -0.2) is 33.2 Å². The molecule has 0 saturated heterocycles. The quantitative estimate of drug-likeness (QED) is 0.619. The number of ketones is 2. The highest BCUT2D eigenvalue weighted by Crippen LogP contribution is 2.32. The average molecular weight is 249 g/mol. The standard InChI is InChI=1S/C12H11NO5/c1-7(13(17)18)12(16)6-10(14)8-4-2-3-5-9(8)11(12)15/h2-5,7,16H,6H2,1H3. The van der Waals surface area contributed by atoms with Crippen LogP contribution in [0.2, 0.25) is 0 Å². The summed E-state index contributed by atoms with van der Waals surface area (Å²) in [7, 11) is 0. The van der Waals surface area contributed by atoms with E-state index in [1.54, 1.807) is 12.1 Å². The van der Waals surface area contributed by atoms with Gasteiger partial charge in [-0.15, -0.1) is 0 Å². The van der Waals surface area contributed by atoms with E-state index < -0.39 is 34.6 Å². The summed E-state index contributed by atoms with van der Waals surface area (Å²) in [5.74, 6) is -1.22. The topological polar surface area (TPSA) is 97.5 Å². The van der Waals surface area contributed by atoms with Gasteiger partial charge in [-0.3, -0.25) is 19.7 Å². The van der Waals surface area contributed by atoms with E-state index in [9.17, 15) is 24.8 Å². The smallest absolute Gasteiger partial charge is 0.246 e. The number of Topliss-reactive ketones (excluding diaryl/α,β-unsaturated/α-hetero) is 2. The maximum absolute atomic E-state index is 12.1. The molecule has 0 aliphatic heterocycles. The van der Waals surface area contributed by atoms with E-state index >= 15 is 0 Å². The number of benzene rings is 1. The summed E-state index contributed by atoms with van der Waals surface area (Å²) in [6.07, 6.45) is -0.551. The molecule has 1 aliphatic carbocycles. The van der Waals surface area contributed by atoms with Crippen molar-refractivity contribution < 1.29 is 19.6 Å². The molecular weight excluding hydrogens is 238 g/mol. The third-order valence-electron chi connectivity index (χ3n) is 3.30. The zero-order chi connectivity index (χ0) is 13.5. The first-order valence-corrected chi connectivity index (χ1v) is 5.41. The van der Waals surface area contributed by atoms with Crippen molar-refractivity contribution in [3.63, 3.8) is 0 Å². The van der Waals surface area contributed by atoms with Crippen LogP contribution in [0.5, 0.6) is 0 Å². The maximum Gasteiger partial charge on any atom is 0.246 e. The summed E-state index contributed by atoms with van der Waals surface area (Å²) in [5.41, 5.74) is -2.00. The molecule has 0 aromatic heterocycles. The highest BCUT2D eigenvalue weighted by Gasteiger charge is 2.53. The minimum Gasteiger partial charge on any atom is -0.375 e. The van der Waals surface area contributed by atoms with Crippen LogP contribution in [0.15, 0.2) is 24.3 Å². The van der Waals surface area contributed by atoms with Crippen molar-refractivity contribution in [2.45, 2.75) is 25.0 Å². The Morgan fingerprint density at radius 3 is 2.44 bits per heavy atom. The van der Waals surface area contributed by atoms with Gasteiger partial charge < -0.3 is 5.11 Å². The van der Waals surface area contributed by atoms with E-state index in [1.807, 2.05) is 0 Å². The molecule has 2 rings (SSSR count). The molecule has 0 radical (unpaired) electrons. The van der Waals surface area contributed by atoms with Crippen molar-refractivity contribution in [2.24, 2.45) is 0 Å². The van der Waals surface area contributed by atoms with Gasteiger partial charge in [-0.05, 0) is 0 Å². The minimum absolute atomic E-state index is 0.0463. The predicted octanol–water partition coefficient (Wildman–Crippen LogP) is 0.852. The first-order chi connectivity index (χ1) is 8.38. The van der Waals surface area contributed by atoms with Gasteiger partial charge in [0.05, 0.1) is 6.42 Å². The molecule has 2 atom stereocenters. The number of nitrogens with zero attached hydrogens (tertiary/aromatic N) is 1. The lowest BCUT2D eigenvalue weighted by Crippen LogP contribution is -2.55. The van der Waals surface area contributed by atoms with Crippen molar-refractivity contribution in [1.82, 2.24) is 0 Å². The number of hydrogen-bond acceptors (Lipinski definition) is 5. The fraction of sp³-hybridized carbons (Fsp3) is 0.333. The molecule has 6 heteroatoms. The predicted molar refractivity (Wildman–Crippen MR) is 61.1 cm³/mol. The summed E-state index contributed by atoms with van der Waals surface area (Å²) in [4.78, 5) is 34.0. The molecule has 0 fully saturated rings. The van der Waals surface area contributed by atoms with E-state index in [4.69, 9.17) is 0 Å². The highest BCUT2D eigenvalue weighted by atomic mass is 16.6. The van der Waals surface area contributed by atoms with Gasteiger partial charge in [0.1, 0.15) is 0 Å². The lowest BCUT2D eigenvalue weighted by Gasteiger charge is -2.31. The average Bonchev–Trinajstić information content (AvgIpc) is 2.35. The second kappa shape index (κ2) is 3.99. The second-order valence-electron chi connectivity index (χ2n) is 4.36. The maximum atomic E-state index is 12.1. The van der Waals surface area contributed by atoms with E-state index in [0.717, 1.165) is 6.92 Å². The van der Waals surface area contributed by atoms with Crippen molar-refractivity contribution in [3.05, 3.63) is 45.5 Å². The molecule has 2 unspecified atom stereocenters. The van der Waals surface area contributed by atoms with Gasteiger partial charge in [0.15, 0.2) is 5.78 Å². The van der Waals surface area contributed by atoms with E-state index in [2.05, 4.69) is 0 Å². The molecule has 0 spiro atoms. The van der Waals surface area contributed by atoms with Crippen LogP contribution in [0.3, 0.4) is 0 Å². The molecule has 1 N–H and O–H groups in total. The lowest BCUT2D eigenvalue weighted by atomic mass is 9.75. The largest absolute Gasteiger partial charge is 0.375 e. The van der Waals surface area contributed by atoms with Gasteiger partial charge in [0.25, 0.3) is 0 Å². The summed E-state index contributed by atoms with van der Waals surface area (Å²) in [6.45, 7) is 1.12. The molecule has 18 heavy (non-hydrogen) atoms. The molecule has 0 saturated carbocycles. The number of carbonyl (C=O) groups excluding carboxylic acids is 2. The van der Waals surface area contributed by atoms with E-state index in [-0.39, 0.29) is 11.1 Å². The highest BCUT2D eigenvalue weighted by molar-refractivity contribution is 6.18. The summed E-state index contributed by atoms with van der Waals surface area (Å²) >= 11 is 0. The zero-order valence-electron chi connectivity index (χ0n) is 9.62. The minimum atomic E-state index is -2.26. The van der Waals surface area contributed by atoms with Gasteiger partial charge in [-0.2, -0.15) is 0 Å². The first kappa shape index (κ1) is 12.4. The van der Waals surface area contributed by atoms with Crippen LogP contribution in [0, 0.1) is 10.1 Å². The van der Waals surface area contributed by atoms with Crippen LogP contribution in [-0.2, 0) is 0 Å². The third kappa shape index (κ3) is 1.62. The van der Waals surface area contributed by atoms with Crippen LogP contribution in [0.4, 0.5) is 0 Å². The van der Waals surface area contributed by atoms with E-state index in [0.29, 0.717) is 0 Å². The number of rotatable bonds is 2. The Morgan fingerprint density at radius 1 is 1.33 bits per heavy atom. The summed E-state index contributed by atoms with van der Waals surface area (Å²) in [5, 5.41) is 20.9. The number of carbonyl (C=O) groups is 2. The van der Waals surface area contributed by atoms with E-state index in [1.165, 1.54) is 12.1 Å². The second-order valence-corrected chi connectivity index (χ2v) is 4.36. The van der Waals surface area contributed by atoms with Crippen molar-refractivity contribution >= 4 is 11.6 Å². The molecule has 0 heterocycles. The van der Waals surface area contributed by atoms with Crippen molar-refractivity contribution in [2.75, 3.05) is 0 Å². The van der Waals surface area contributed by atoms with Gasteiger partial charge in [-0.25, -0.2) is 0 Å². The Hall–Kier alpha value is -2.08. The molecule has 6 nitrogen and oxygen atoms in total. The normalized spacial score (nSPS) is 24.6. The molecule has 0 bridgehead atoms. The summed E-state index contributed by atoms with van der Waals surface area (Å²) in [6, 6.07) is 4.50. The Labute approximate surface area is 102 Å². The SMILES string of the molecule is CC([N+](=O)[O-])C1(O)CC(=O)c2ccccc2C1=O.